The van der Waals surface area contributed by atoms with Gasteiger partial charge in [-0.3, -0.25) is 4.79 Å². The lowest BCUT2D eigenvalue weighted by atomic mass is 10.1. The fourth-order valence-electron chi connectivity index (χ4n) is 2.72. The lowest BCUT2D eigenvalue weighted by Gasteiger charge is -2.10. The third-order valence-corrected chi connectivity index (χ3v) is 4.07. The van der Waals surface area contributed by atoms with Crippen LogP contribution in [0, 0.1) is 11.3 Å². The Bertz CT molecular complexity index is 1160. The molecule has 7 nitrogen and oxygen atoms in total. The van der Waals surface area contributed by atoms with Gasteiger partial charge in [0.25, 0.3) is 5.91 Å². The summed E-state index contributed by atoms with van der Waals surface area (Å²) < 4.78 is 10.6. The van der Waals surface area contributed by atoms with Crippen LogP contribution in [0.4, 0.5) is 5.69 Å². The van der Waals surface area contributed by atoms with Crippen molar-refractivity contribution in [2.75, 3.05) is 5.32 Å². The van der Waals surface area contributed by atoms with E-state index in [2.05, 4.69) is 15.5 Å². The van der Waals surface area contributed by atoms with Crippen LogP contribution in [-0.4, -0.2) is 16.0 Å². The molecule has 2 aromatic heterocycles. The standard InChI is InChI=1S/C21H14N4O3/c22-13-14-5-3-7-16(11-14)21(26)23-17-8-2-1-6-15(17)12-19-24-20(25-28-19)18-9-4-10-27-18/h1-11H,12H2,(H,23,26). The Morgan fingerprint density at radius 3 is 2.82 bits per heavy atom. The number of rotatable bonds is 5. The number of amides is 1. The SMILES string of the molecule is N#Cc1cccc(C(=O)Nc2ccccc2Cc2nc(-c3ccco3)no2)c1. The van der Waals surface area contributed by atoms with E-state index in [1.807, 2.05) is 24.3 Å². The predicted molar refractivity (Wildman–Crippen MR) is 100 cm³/mol. The van der Waals surface area contributed by atoms with Gasteiger partial charge in [0.05, 0.1) is 24.3 Å². The first-order chi connectivity index (χ1) is 13.7. The van der Waals surface area contributed by atoms with Crippen molar-refractivity contribution in [1.29, 1.82) is 5.26 Å². The number of carbonyl (C=O) groups is 1. The van der Waals surface area contributed by atoms with Gasteiger partial charge in [0.15, 0.2) is 5.76 Å². The molecule has 0 aliphatic carbocycles. The number of nitrogens with zero attached hydrogens (tertiary/aromatic N) is 3. The van der Waals surface area contributed by atoms with Crippen molar-refractivity contribution in [3.8, 4) is 17.7 Å². The minimum Gasteiger partial charge on any atom is -0.461 e. The number of benzene rings is 2. The largest absolute Gasteiger partial charge is 0.461 e. The molecule has 1 amide bonds. The van der Waals surface area contributed by atoms with Crippen molar-refractivity contribution in [1.82, 2.24) is 10.1 Å². The molecule has 4 rings (SSSR count). The maximum atomic E-state index is 12.6. The van der Waals surface area contributed by atoms with E-state index in [1.165, 1.54) is 6.26 Å². The first-order valence-electron chi connectivity index (χ1n) is 8.49. The number of nitrogens with one attached hydrogen (secondary N) is 1. The molecule has 1 N–H and O–H groups in total. The van der Waals surface area contributed by atoms with Crippen LogP contribution < -0.4 is 5.32 Å². The molecule has 0 bridgehead atoms. The average molecular weight is 370 g/mol. The topological polar surface area (TPSA) is 105 Å². The molecule has 0 unspecified atom stereocenters. The fraction of sp³-hybridized carbons (Fsp3) is 0.0476. The predicted octanol–water partition coefficient (Wildman–Crippen LogP) is 4.04. The van der Waals surface area contributed by atoms with Crippen LogP contribution in [0.25, 0.3) is 11.6 Å². The van der Waals surface area contributed by atoms with E-state index in [0.717, 1.165) is 5.56 Å². The number of aromatic nitrogens is 2. The van der Waals surface area contributed by atoms with E-state index >= 15 is 0 Å². The lowest BCUT2D eigenvalue weighted by molar-refractivity contribution is 0.102. The number of furan rings is 1. The number of anilines is 1. The minimum atomic E-state index is -0.300. The molecular formula is C21H14N4O3. The third-order valence-electron chi connectivity index (χ3n) is 4.07. The highest BCUT2D eigenvalue weighted by atomic mass is 16.5. The van der Waals surface area contributed by atoms with E-state index < -0.39 is 0 Å². The summed E-state index contributed by atoms with van der Waals surface area (Å²) in [6.45, 7) is 0. The highest BCUT2D eigenvalue weighted by Gasteiger charge is 2.14. The van der Waals surface area contributed by atoms with E-state index in [0.29, 0.717) is 40.7 Å². The Hall–Kier alpha value is -4.18. The van der Waals surface area contributed by atoms with Crippen LogP contribution in [0.15, 0.2) is 75.9 Å². The highest BCUT2D eigenvalue weighted by Crippen LogP contribution is 2.22. The summed E-state index contributed by atoms with van der Waals surface area (Å²) in [5, 5.41) is 15.8. The molecule has 28 heavy (non-hydrogen) atoms. The first kappa shape index (κ1) is 17.2. The zero-order valence-electron chi connectivity index (χ0n) is 14.6. The summed E-state index contributed by atoms with van der Waals surface area (Å²) in [5.41, 5.74) is 2.29. The zero-order chi connectivity index (χ0) is 19.3. The fourth-order valence-corrected chi connectivity index (χ4v) is 2.72. The summed E-state index contributed by atoms with van der Waals surface area (Å²) in [5.74, 6) is 0.995. The van der Waals surface area contributed by atoms with Crippen molar-refractivity contribution < 1.29 is 13.7 Å². The molecule has 0 fully saturated rings. The summed E-state index contributed by atoms with van der Waals surface area (Å²) in [4.78, 5) is 16.9. The molecule has 2 aromatic carbocycles. The number of carbonyl (C=O) groups excluding carboxylic acids is 1. The van der Waals surface area contributed by atoms with Crippen molar-refractivity contribution in [2.24, 2.45) is 0 Å². The Morgan fingerprint density at radius 2 is 2.00 bits per heavy atom. The Morgan fingerprint density at radius 1 is 1.11 bits per heavy atom. The maximum absolute atomic E-state index is 12.6. The first-order valence-corrected chi connectivity index (χ1v) is 8.49. The monoisotopic (exact) mass is 370 g/mol. The molecule has 4 aromatic rings. The normalized spacial score (nSPS) is 10.4. The van der Waals surface area contributed by atoms with Gasteiger partial charge in [-0.15, -0.1) is 0 Å². The molecule has 2 heterocycles. The van der Waals surface area contributed by atoms with Gasteiger partial charge >= 0.3 is 0 Å². The van der Waals surface area contributed by atoms with Crippen LogP contribution in [-0.2, 0) is 6.42 Å². The van der Waals surface area contributed by atoms with Crippen LogP contribution >= 0.6 is 0 Å². The summed E-state index contributed by atoms with van der Waals surface area (Å²) in [7, 11) is 0. The van der Waals surface area contributed by atoms with E-state index in [-0.39, 0.29) is 5.91 Å². The van der Waals surface area contributed by atoms with Gasteiger partial charge in [0.1, 0.15) is 0 Å². The number of hydrogen-bond acceptors (Lipinski definition) is 6. The van der Waals surface area contributed by atoms with Crippen molar-refractivity contribution in [3.05, 3.63) is 89.5 Å². The lowest BCUT2D eigenvalue weighted by Crippen LogP contribution is -2.13. The molecule has 136 valence electrons. The molecule has 0 aliphatic heterocycles. The van der Waals surface area contributed by atoms with Gasteiger partial charge in [-0.1, -0.05) is 29.4 Å². The molecular weight excluding hydrogens is 356 g/mol. The van der Waals surface area contributed by atoms with Gasteiger partial charge in [0.2, 0.25) is 11.7 Å². The van der Waals surface area contributed by atoms with Gasteiger partial charge in [0, 0.05) is 11.3 Å². The average Bonchev–Trinajstić information content (AvgIpc) is 3.41. The van der Waals surface area contributed by atoms with Gasteiger partial charge in [-0.25, -0.2) is 0 Å². The van der Waals surface area contributed by atoms with E-state index in [9.17, 15) is 4.79 Å². The van der Waals surface area contributed by atoms with Crippen LogP contribution in [0.2, 0.25) is 0 Å². The highest BCUT2D eigenvalue weighted by molar-refractivity contribution is 6.04. The number of nitriles is 1. The molecule has 0 spiro atoms. The third kappa shape index (κ3) is 3.66. The number of hydrogen-bond donors (Lipinski definition) is 1. The maximum Gasteiger partial charge on any atom is 0.255 e. The van der Waals surface area contributed by atoms with Crippen molar-refractivity contribution in [2.45, 2.75) is 6.42 Å². The van der Waals surface area contributed by atoms with Gasteiger partial charge in [-0.05, 0) is 42.0 Å². The van der Waals surface area contributed by atoms with E-state index in [4.69, 9.17) is 14.2 Å². The summed E-state index contributed by atoms with van der Waals surface area (Å²) in [6, 6.07) is 19.4. The zero-order valence-corrected chi connectivity index (χ0v) is 14.6. The van der Waals surface area contributed by atoms with Crippen LogP contribution in [0.3, 0.4) is 0 Å². The second kappa shape index (κ2) is 7.60. The van der Waals surface area contributed by atoms with Gasteiger partial charge < -0.3 is 14.3 Å². The van der Waals surface area contributed by atoms with Gasteiger partial charge in [-0.2, -0.15) is 10.2 Å². The second-order valence-corrected chi connectivity index (χ2v) is 5.97. The summed E-state index contributed by atoms with van der Waals surface area (Å²) in [6.07, 6.45) is 1.89. The van der Waals surface area contributed by atoms with Crippen molar-refractivity contribution in [3.63, 3.8) is 0 Å². The van der Waals surface area contributed by atoms with Crippen LogP contribution in [0.5, 0.6) is 0 Å². The molecule has 7 heteroatoms. The van der Waals surface area contributed by atoms with Crippen molar-refractivity contribution >= 4 is 11.6 Å². The van der Waals surface area contributed by atoms with E-state index in [1.54, 1.807) is 42.5 Å². The quantitative estimate of drug-likeness (QED) is 0.568. The second-order valence-electron chi connectivity index (χ2n) is 5.97. The molecule has 0 radical (unpaired) electrons. The Labute approximate surface area is 160 Å². The Kier molecular flexibility index (Phi) is 4.68. The minimum absolute atomic E-state index is 0.300. The van der Waals surface area contributed by atoms with Crippen LogP contribution in [0.1, 0.15) is 27.4 Å². The molecule has 0 saturated heterocycles. The molecule has 0 saturated carbocycles. The molecule has 0 aliphatic rings. The summed E-state index contributed by atoms with van der Waals surface area (Å²) >= 11 is 0. The number of para-hydroxylation sites is 1. The molecule has 0 atom stereocenters. The smallest absolute Gasteiger partial charge is 0.255 e. The Balaban J connectivity index is 1.54.